The molecule has 0 aliphatic rings. The predicted molar refractivity (Wildman–Crippen MR) is 129 cm³/mol. The Bertz CT molecular complexity index is 1550. The number of aliphatic hydroxyl groups is 1. The first-order chi connectivity index (χ1) is 15.8. The summed E-state index contributed by atoms with van der Waals surface area (Å²) in [6, 6.07) is 18.0. The lowest BCUT2D eigenvalue weighted by atomic mass is 10.0. The number of benzene rings is 2. The van der Waals surface area contributed by atoms with Crippen molar-refractivity contribution in [3.63, 3.8) is 0 Å². The van der Waals surface area contributed by atoms with Gasteiger partial charge in [0.1, 0.15) is 30.3 Å². The Kier molecular flexibility index (Phi) is 4.68. The van der Waals surface area contributed by atoms with Gasteiger partial charge in [-0.05, 0) is 53.9 Å². The average Bonchev–Trinajstić information content (AvgIpc) is 3.60. The van der Waals surface area contributed by atoms with Crippen molar-refractivity contribution < 1.29 is 9.52 Å². The fraction of sp³-hybridized carbons (Fsp3) is 0.0417. The van der Waals surface area contributed by atoms with Gasteiger partial charge < -0.3 is 14.8 Å². The van der Waals surface area contributed by atoms with Crippen LogP contribution in [0.1, 0.15) is 5.76 Å². The molecule has 32 heavy (non-hydrogen) atoms. The molecule has 0 unspecified atom stereocenters. The van der Waals surface area contributed by atoms with Crippen LogP contribution in [0.2, 0.25) is 0 Å². The van der Waals surface area contributed by atoms with Crippen LogP contribution in [0.25, 0.3) is 42.9 Å². The van der Waals surface area contributed by atoms with E-state index in [2.05, 4.69) is 38.5 Å². The number of anilines is 2. The molecule has 4 aromatic heterocycles. The van der Waals surface area contributed by atoms with Gasteiger partial charge in [0.15, 0.2) is 0 Å². The largest absolute Gasteiger partial charge is 0.459 e. The Morgan fingerprint density at radius 3 is 2.72 bits per heavy atom. The minimum Gasteiger partial charge on any atom is -0.459 e. The van der Waals surface area contributed by atoms with E-state index in [9.17, 15) is 5.11 Å². The summed E-state index contributed by atoms with van der Waals surface area (Å²) in [5.41, 5.74) is 6.48. The van der Waals surface area contributed by atoms with Gasteiger partial charge in [-0.3, -0.25) is 0 Å². The van der Waals surface area contributed by atoms with Crippen molar-refractivity contribution in [2.24, 2.45) is 0 Å². The fourth-order valence-electron chi connectivity index (χ4n) is 3.72. The van der Waals surface area contributed by atoms with Crippen LogP contribution in [0.3, 0.4) is 0 Å². The minimum absolute atomic E-state index is 0.137. The standard InChI is InChI=1S/C24H16N4O2S2/c29-11-15-4-5-21(30-15)16-10-19-18(9-17(16)22-2-1-7-31-22)24(26-12-25-19)28-14-3-6-23-20(8-14)27-13-32-23/h1-10,12-13,29H,11H2,(H,25,26,28). The number of rotatable bonds is 5. The zero-order valence-corrected chi connectivity index (χ0v) is 18.3. The molecule has 0 bridgehead atoms. The summed E-state index contributed by atoms with van der Waals surface area (Å²) in [5, 5.41) is 15.8. The summed E-state index contributed by atoms with van der Waals surface area (Å²) in [7, 11) is 0. The van der Waals surface area contributed by atoms with Crippen molar-refractivity contribution in [2.45, 2.75) is 6.61 Å². The SMILES string of the molecule is OCc1ccc(-c2cc3ncnc(Nc4ccc5scnc5c4)c3cc2-c2cccs2)o1. The minimum atomic E-state index is -0.137. The van der Waals surface area contributed by atoms with Gasteiger partial charge in [-0.25, -0.2) is 15.0 Å². The third kappa shape index (κ3) is 3.34. The fourth-order valence-corrected chi connectivity index (χ4v) is 5.14. The van der Waals surface area contributed by atoms with Gasteiger partial charge in [-0.1, -0.05) is 6.07 Å². The summed E-state index contributed by atoms with van der Waals surface area (Å²) in [6.45, 7) is -0.137. The van der Waals surface area contributed by atoms with Crippen molar-refractivity contribution >= 4 is 55.3 Å². The molecule has 8 heteroatoms. The second-order valence-corrected chi connectivity index (χ2v) is 9.03. The van der Waals surface area contributed by atoms with Gasteiger partial charge in [0.25, 0.3) is 0 Å². The van der Waals surface area contributed by atoms with Crippen molar-refractivity contribution in [2.75, 3.05) is 5.32 Å². The summed E-state index contributed by atoms with van der Waals surface area (Å²) in [4.78, 5) is 14.5. The first kappa shape index (κ1) is 19.1. The molecule has 6 nitrogen and oxygen atoms in total. The van der Waals surface area contributed by atoms with E-state index < -0.39 is 0 Å². The number of fused-ring (bicyclic) bond motifs is 2. The van der Waals surface area contributed by atoms with Gasteiger partial charge >= 0.3 is 0 Å². The monoisotopic (exact) mass is 456 g/mol. The van der Waals surface area contributed by atoms with Gasteiger partial charge in [0.2, 0.25) is 0 Å². The van der Waals surface area contributed by atoms with Gasteiger partial charge in [0.05, 0.1) is 21.2 Å². The number of thiophene rings is 1. The van der Waals surface area contributed by atoms with E-state index in [1.165, 1.54) is 0 Å². The first-order valence-corrected chi connectivity index (χ1v) is 11.7. The maximum atomic E-state index is 9.43. The number of nitrogens with one attached hydrogen (secondary N) is 1. The second-order valence-electron chi connectivity index (χ2n) is 7.20. The molecule has 4 heterocycles. The van der Waals surface area contributed by atoms with E-state index in [0.29, 0.717) is 11.5 Å². The molecular weight excluding hydrogens is 440 g/mol. The first-order valence-electron chi connectivity index (χ1n) is 9.91. The number of aromatic nitrogens is 3. The Morgan fingerprint density at radius 1 is 0.906 bits per heavy atom. The van der Waals surface area contributed by atoms with Gasteiger partial charge in [0, 0.05) is 27.1 Å². The van der Waals surface area contributed by atoms with E-state index in [1.54, 1.807) is 35.1 Å². The third-order valence-corrected chi connectivity index (χ3v) is 6.95. The van der Waals surface area contributed by atoms with Crippen molar-refractivity contribution in [1.29, 1.82) is 0 Å². The molecule has 2 aromatic carbocycles. The molecule has 0 amide bonds. The number of thiazole rings is 1. The van der Waals surface area contributed by atoms with Crippen LogP contribution in [-0.4, -0.2) is 20.1 Å². The topological polar surface area (TPSA) is 84.1 Å². The summed E-state index contributed by atoms with van der Waals surface area (Å²) >= 11 is 3.28. The molecule has 0 saturated heterocycles. The predicted octanol–water partition coefficient (Wildman–Crippen LogP) is 6.46. The van der Waals surface area contributed by atoms with Crippen LogP contribution < -0.4 is 5.32 Å². The highest BCUT2D eigenvalue weighted by molar-refractivity contribution is 7.16. The third-order valence-electron chi connectivity index (χ3n) is 5.24. The van der Waals surface area contributed by atoms with Crippen LogP contribution >= 0.6 is 22.7 Å². The van der Waals surface area contributed by atoms with Crippen molar-refractivity contribution in [3.8, 4) is 21.8 Å². The molecule has 6 rings (SSSR count). The van der Waals surface area contributed by atoms with E-state index in [-0.39, 0.29) is 6.61 Å². The molecule has 0 fully saturated rings. The number of nitrogens with zero attached hydrogens (tertiary/aromatic N) is 3. The zero-order chi connectivity index (χ0) is 21.5. The average molecular weight is 457 g/mol. The summed E-state index contributed by atoms with van der Waals surface area (Å²) in [5.74, 6) is 1.95. The van der Waals surface area contributed by atoms with Crippen LogP contribution in [0.4, 0.5) is 11.5 Å². The Balaban J connectivity index is 1.51. The Labute approximate surface area is 190 Å². The molecule has 0 atom stereocenters. The molecular formula is C24H16N4O2S2. The number of hydrogen-bond acceptors (Lipinski definition) is 8. The van der Waals surface area contributed by atoms with Crippen LogP contribution in [0.15, 0.2) is 76.2 Å². The molecule has 6 aromatic rings. The van der Waals surface area contributed by atoms with Crippen LogP contribution in [0.5, 0.6) is 0 Å². The Hall–Kier alpha value is -3.59. The molecule has 0 saturated carbocycles. The molecule has 156 valence electrons. The number of aliphatic hydroxyl groups excluding tert-OH is 1. The molecule has 0 spiro atoms. The summed E-state index contributed by atoms with van der Waals surface area (Å²) < 4.78 is 7.00. The highest BCUT2D eigenvalue weighted by atomic mass is 32.1. The molecule has 0 radical (unpaired) electrons. The lowest BCUT2D eigenvalue weighted by Crippen LogP contribution is -1.97. The van der Waals surface area contributed by atoms with Gasteiger partial charge in [-0.2, -0.15) is 0 Å². The quantitative estimate of drug-likeness (QED) is 0.310. The van der Waals surface area contributed by atoms with E-state index in [0.717, 1.165) is 48.6 Å². The van der Waals surface area contributed by atoms with Gasteiger partial charge in [-0.15, -0.1) is 22.7 Å². The van der Waals surface area contributed by atoms with Crippen LogP contribution in [-0.2, 0) is 6.61 Å². The maximum Gasteiger partial charge on any atom is 0.141 e. The highest BCUT2D eigenvalue weighted by Gasteiger charge is 2.16. The maximum absolute atomic E-state index is 9.43. The van der Waals surface area contributed by atoms with Crippen molar-refractivity contribution in [3.05, 3.63) is 77.6 Å². The number of hydrogen-bond donors (Lipinski definition) is 2. The normalized spacial score (nSPS) is 11.4. The Morgan fingerprint density at radius 2 is 1.88 bits per heavy atom. The number of furan rings is 1. The summed E-state index contributed by atoms with van der Waals surface area (Å²) in [6.07, 6.45) is 1.56. The second kappa shape index (κ2) is 7.83. The van der Waals surface area contributed by atoms with Crippen LogP contribution in [0, 0.1) is 0 Å². The smallest absolute Gasteiger partial charge is 0.141 e. The van der Waals surface area contributed by atoms with Crippen molar-refractivity contribution in [1.82, 2.24) is 15.0 Å². The lowest BCUT2D eigenvalue weighted by molar-refractivity contribution is 0.248. The van der Waals surface area contributed by atoms with E-state index >= 15 is 0 Å². The zero-order valence-electron chi connectivity index (χ0n) is 16.6. The van der Waals surface area contributed by atoms with E-state index in [4.69, 9.17) is 4.42 Å². The lowest BCUT2D eigenvalue weighted by Gasteiger charge is -2.12. The molecule has 0 aliphatic heterocycles. The molecule has 0 aliphatic carbocycles. The molecule has 2 N–H and O–H groups in total. The van der Waals surface area contributed by atoms with E-state index in [1.807, 2.05) is 41.2 Å². The highest BCUT2D eigenvalue weighted by Crippen LogP contribution is 2.39.